The van der Waals surface area contributed by atoms with E-state index in [2.05, 4.69) is 29.3 Å². The first-order valence-corrected chi connectivity index (χ1v) is 10.9. The Balaban J connectivity index is 1.44. The molecule has 1 saturated heterocycles. The predicted molar refractivity (Wildman–Crippen MR) is 120 cm³/mol. The maximum absolute atomic E-state index is 13.0. The van der Waals surface area contributed by atoms with Crippen molar-refractivity contribution in [2.45, 2.75) is 44.2 Å². The van der Waals surface area contributed by atoms with Crippen LogP contribution in [0.1, 0.15) is 41.3 Å². The first kappa shape index (κ1) is 21.5. The normalized spacial score (nSPS) is 21.9. The molecule has 2 aliphatic heterocycles. The standard InChI is InChI=1S/C25H32N2O4/c1-17(13-18-5-8-22(30-3)23(14-18)31-4)27-12-11-25(16-27)10-9-19-6-7-20(29-2)15-21(19)24(28)26-25/h5-8,14-15,17H,9-13,16H2,1-4H3,(H,26,28)/t17-,25-/m1/s1. The summed E-state index contributed by atoms with van der Waals surface area (Å²) in [5.74, 6) is 2.24. The molecule has 166 valence electrons. The molecule has 6 nitrogen and oxygen atoms in total. The molecular weight excluding hydrogens is 392 g/mol. The third kappa shape index (κ3) is 4.35. The van der Waals surface area contributed by atoms with Crippen LogP contribution in [0.4, 0.5) is 0 Å². The maximum atomic E-state index is 13.0. The summed E-state index contributed by atoms with van der Waals surface area (Å²) < 4.78 is 16.1. The van der Waals surface area contributed by atoms with Crippen molar-refractivity contribution in [3.8, 4) is 17.2 Å². The summed E-state index contributed by atoms with van der Waals surface area (Å²) in [5, 5.41) is 3.37. The van der Waals surface area contributed by atoms with Gasteiger partial charge in [-0.25, -0.2) is 0 Å². The van der Waals surface area contributed by atoms with Gasteiger partial charge in [0.2, 0.25) is 0 Å². The van der Waals surface area contributed by atoms with Gasteiger partial charge < -0.3 is 19.5 Å². The van der Waals surface area contributed by atoms with Crippen LogP contribution >= 0.6 is 0 Å². The number of likely N-dealkylation sites (tertiary alicyclic amines) is 1. The number of ether oxygens (including phenoxy) is 3. The van der Waals surface area contributed by atoms with Crippen molar-refractivity contribution in [1.82, 2.24) is 10.2 Å². The molecular formula is C25H32N2O4. The monoisotopic (exact) mass is 424 g/mol. The SMILES string of the molecule is COc1ccc2c(c1)C(=O)N[C@]1(CC2)CCN([C@H](C)Cc2ccc(OC)c(OC)c2)C1. The highest BCUT2D eigenvalue weighted by Crippen LogP contribution is 2.34. The van der Waals surface area contributed by atoms with Gasteiger partial charge in [-0.05, 0) is 68.0 Å². The Morgan fingerprint density at radius 3 is 2.58 bits per heavy atom. The fourth-order valence-corrected chi connectivity index (χ4v) is 4.92. The van der Waals surface area contributed by atoms with Crippen LogP contribution in [0.15, 0.2) is 36.4 Å². The number of benzene rings is 2. The maximum Gasteiger partial charge on any atom is 0.252 e. The van der Waals surface area contributed by atoms with Crippen molar-refractivity contribution in [3.63, 3.8) is 0 Å². The lowest BCUT2D eigenvalue weighted by atomic mass is 9.91. The molecule has 2 heterocycles. The Labute approximate surface area is 184 Å². The Morgan fingerprint density at radius 2 is 1.84 bits per heavy atom. The molecule has 1 N–H and O–H groups in total. The van der Waals surface area contributed by atoms with E-state index in [1.807, 2.05) is 24.3 Å². The second-order valence-corrected chi connectivity index (χ2v) is 8.72. The summed E-state index contributed by atoms with van der Waals surface area (Å²) in [6.07, 6.45) is 3.75. The first-order chi connectivity index (χ1) is 15.0. The molecule has 1 spiro atoms. The van der Waals surface area contributed by atoms with Crippen molar-refractivity contribution < 1.29 is 19.0 Å². The van der Waals surface area contributed by atoms with E-state index in [-0.39, 0.29) is 11.4 Å². The second kappa shape index (κ2) is 8.79. The molecule has 2 aromatic rings. The molecule has 0 bridgehead atoms. The molecule has 6 heteroatoms. The van der Waals surface area contributed by atoms with Gasteiger partial charge in [-0.2, -0.15) is 0 Å². The molecule has 2 aliphatic rings. The average molecular weight is 425 g/mol. The van der Waals surface area contributed by atoms with E-state index in [1.54, 1.807) is 21.3 Å². The first-order valence-electron chi connectivity index (χ1n) is 10.9. The van der Waals surface area contributed by atoms with E-state index in [1.165, 1.54) is 5.56 Å². The number of nitrogens with zero attached hydrogens (tertiary/aromatic N) is 1. The minimum absolute atomic E-state index is 0.0146. The molecule has 1 amide bonds. The third-order valence-electron chi connectivity index (χ3n) is 6.80. The predicted octanol–water partition coefficient (Wildman–Crippen LogP) is 3.46. The van der Waals surface area contributed by atoms with E-state index < -0.39 is 0 Å². The zero-order valence-electron chi connectivity index (χ0n) is 18.9. The number of carbonyl (C=O) groups is 1. The molecule has 31 heavy (non-hydrogen) atoms. The van der Waals surface area contributed by atoms with Crippen LogP contribution in [0.2, 0.25) is 0 Å². The largest absolute Gasteiger partial charge is 0.497 e. The number of hydrogen-bond donors (Lipinski definition) is 1. The van der Waals surface area contributed by atoms with Gasteiger partial charge in [-0.1, -0.05) is 12.1 Å². The molecule has 0 unspecified atom stereocenters. The van der Waals surface area contributed by atoms with Crippen LogP contribution in [0, 0.1) is 0 Å². The number of hydrogen-bond acceptors (Lipinski definition) is 5. The highest BCUT2D eigenvalue weighted by Gasteiger charge is 2.42. The van der Waals surface area contributed by atoms with E-state index >= 15 is 0 Å². The molecule has 0 aromatic heterocycles. The fourth-order valence-electron chi connectivity index (χ4n) is 4.92. The van der Waals surface area contributed by atoms with Gasteiger partial charge in [0.05, 0.1) is 26.9 Å². The molecule has 1 fully saturated rings. The average Bonchev–Trinajstić information content (AvgIpc) is 3.15. The van der Waals surface area contributed by atoms with Crippen molar-refractivity contribution in [2.75, 3.05) is 34.4 Å². The fraction of sp³-hybridized carbons (Fsp3) is 0.480. The summed E-state index contributed by atoms with van der Waals surface area (Å²) in [5.41, 5.74) is 2.89. The number of methoxy groups -OCH3 is 3. The number of rotatable bonds is 6. The zero-order chi connectivity index (χ0) is 22.0. The van der Waals surface area contributed by atoms with Crippen LogP contribution in [0.3, 0.4) is 0 Å². The molecule has 4 rings (SSSR count). The number of fused-ring (bicyclic) bond motifs is 1. The Morgan fingerprint density at radius 1 is 1.03 bits per heavy atom. The number of nitrogens with one attached hydrogen (secondary N) is 1. The summed E-state index contributed by atoms with van der Waals surface area (Å²) in [4.78, 5) is 15.5. The van der Waals surface area contributed by atoms with Crippen LogP contribution in [-0.4, -0.2) is 56.8 Å². The molecule has 0 saturated carbocycles. The lowest BCUT2D eigenvalue weighted by molar-refractivity contribution is 0.0898. The van der Waals surface area contributed by atoms with Crippen LogP contribution in [0.5, 0.6) is 17.2 Å². The van der Waals surface area contributed by atoms with Crippen LogP contribution in [0.25, 0.3) is 0 Å². The summed E-state index contributed by atoms with van der Waals surface area (Å²) in [7, 11) is 4.95. The number of aryl methyl sites for hydroxylation is 1. The summed E-state index contributed by atoms with van der Waals surface area (Å²) >= 11 is 0. The lowest BCUT2D eigenvalue weighted by Crippen LogP contribution is -2.50. The summed E-state index contributed by atoms with van der Waals surface area (Å²) in [6.45, 7) is 4.11. The Hall–Kier alpha value is -2.73. The van der Waals surface area contributed by atoms with Gasteiger partial charge in [0.1, 0.15) is 5.75 Å². The van der Waals surface area contributed by atoms with Gasteiger partial charge in [0, 0.05) is 24.7 Å². The van der Waals surface area contributed by atoms with Gasteiger partial charge in [0.25, 0.3) is 5.91 Å². The zero-order valence-corrected chi connectivity index (χ0v) is 18.9. The number of carbonyl (C=O) groups excluding carboxylic acids is 1. The molecule has 2 aromatic carbocycles. The Bertz CT molecular complexity index is 961. The molecule has 2 atom stereocenters. The highest BCUT2D eigenvalue weighted by atomic mass is 16.5. The summed E-state index contributed by atoms with van der Waals surface area (Å²) in [6, 6.07) is 12.3. The van der Waals surface area contributed by atoms with Gasteiger partial charge in [0.15, 0.2) is 11.5 Å². The van der Waals surface area contributed by atoms with E-state index in [0.717, 1.165) is 67.1 Å². The Kier molecular flexibility index (Phi) is 6.10. The van der Waals surface area contributed by atoms with E-state index in [9.17, 15) is 4.79 Å². The molecule has 0 aliphatic carbocycles. The number of amides is 1. The third-order valence-corrected chi connectivity index (χ3v) is 6.80. The smallest absolute Gasteiger partial charge is 0.252 e. The van der Waals surface area contributed by atoms with Gasteiger partial charge in [-0.3, -0.25) is 9.69 Å². The minimum Gasteiger partial charge on any atom is -0.497 e. The van der Waals surface area contributed by atoms with Crippen LogP contribution in [-0.2, 0) is 12.8 Å². The minimum atomic E-state index is -0.171. The molecule has 0 radical (unpaired) electrons. The van der Waals surface area contributed by atoms with Gasteiger partial charge >= 0.3 is 0 Å². The van der Waals surface area contributed by atoms with Gasteiger partial charge in [-0.15, -0.1) is 0 Å². The van der Waals surface area contributed by atoms with E-state index in [4.69, 9.17) is 14.2 Å². The van der Waals surface area contributed by atoms with Crippen molar-refractivity contribution in [1.29, 1.82) is 0 Å². The van der Waals surface area contributed by atoms with Crippen molar-refractivity contribution in [3.05, 3.63) is 53.1 Å². The van der Waals surface area contributed by atoms with Crippen molar-refractivity contribution in [2.24, 2.45) is 0 Å². The van der Waals surface area contributed by atoms with E-state index in [0.29, 0.717) is 6.04 Å². The quantitative estimate of drug-likeness (QED) is 0.770. The lowest BCUT2D eigenvalue weighted by Gasteiger charge is -2.31. The highest BCUT2D eigenvalue weighted by molar-refractivity contribution is 5.97. The van der Waals surface area contributed by atoms with Crippen LogP contribution < -0.4 is 19.5 Å². The van der Waals surface area contributed by atoms with Crippen molar-refractivity contribution >= 4 is 5.91 Å². The second-order valence-electron chi connectivity index (χ2n) is 8.72. The topological polar surface area (TPSA) is 60.0 Å².